The van der Waals surface area contributed by atoms with Crippen LogP contribution in [0.5, 0.6) is 0 Å². The number of nitrogens with two attached hydrogens (primary N) is 1. The Balaban J connectivity index is 3.20. The molecule has 3 N–H and O–H groups in total. The van der Waals surface area contributed by atoms with Crippen LogP contribution in [-0.2, 0) is 6.42 Å². The summed E-state index contributed by atoms with van der Waals surface area (Å²) in [6.07, 6.45) is 8.42. The van der Waals surface area contributed by atoms with Gasteiger partial charge in [-0.25, -0.2) is 0 Å². The molecule has 1 rings (SSSR count). The van der Waals surface area contributed by atoms with Crippen LogP contribution in [0, 0.1) is 0 Å². The molecule has 1 aromatic heterocycles. The van der Waals surface area contributed by atoms with Gasteiger partial charge in [-0.15, -0.1) is 0 Å². The topological polar surface area (TPSA) is 41.8 Å². The van der Waals surface area contributed by atoms with Crippen LogP contribution in [0.15, 0.2) is 6.20 Å². The number of aromatic amines is 1. The summed E-state index contributed by atoms with van der Waals surface area (Å²) in [4.78, 5) is 3.27. The molecule has 0 amide bonds. The van der Waals surface area contributed by atoms with Gasteiger partial charge in [0, 0.05) is 11.5 Å². The molecule has 0 spiro atoms. The van der Waals surface area contributed by atoms with Gasteiger partial charge in [0.1, 0.15) is 0 Å². The Labute approximate surface area is 79.2 Å². The lowest BCUT2D eigenvalue weighted by Crippen LogP contribution is -2.25. The summed E-state index contributed by atoms with van der Waals surface area (Å²) >= 11 is 0. The first kappa shape index (κ1) is 10.1. The lowest BCUT2D eigenvalue weighted by Gasteiger charge is -1.90. The molecule has 0 aliphatic rings. The molecule has 1 aromatic rings. The maximum atomic E-state index is 5.53. The predicted octanol–water partition coefficient (Wildman–Crippen LogP) is 0.507. The van der Waals surface area contributed by atoms with Crippen LogP contribution in [0.25, 0.3) is 12.2 Å². The Morgan fingerprint density at radius 1 is 1.54 bits per heavy atom. The fourth-order valence-electron chi connectivity index (χ4n) is 1.57. The van der Waals surface area contributed by atoms with Crippen molar-refractivity contribution in [3.05, 3.63) is 22.3 Å². The number of hydrogen-bond donors (Lipinski definition) is 2. The molecule has 0 saturated carbocycles. The Kier molecular flexibility index (Phi) is 3.77. The summed E-state index contributed by atoms with van der Waals surface area (Å²) in [6, 6.07) is 0. The Morgan fingerprint density at radius 3 is 2.85 bits per heavy atom. The summed E-state index contributed by atoms with van der Waals surface area (Å²) in [5.41, 5.74) is 6.85. The molecule has 0 aliphatic heterocycles. The first-order chi connectivity index (χ1) is 6.33. The number of hydrogen-bond acceptors (Lipinski definition) is 1. The third-order valence-electron chi connectivity index (χ3n) is 2.15. The standard InChI is InChI=1S/C11H18N2/c1-3-5-11-10(4-2)9(6-7-12)8-13-11/h4-5,8,13H,3,6-7,12H2,1-2H3/b10-4-,11-5+. The third kappa shape index (κ3) is 2.22. The molecule has 72 valence electrons. The summed E-state index contributed by atoms with van der Waals surface area (Å²) in [5.74, 6) is 0. The first-order valence-corrected chi connectivity index (χ1v) is 4.86. The quantitative estimate of drug-likeness (QED) is 0.695. The lowest BCUT2D eigenvalue weighted by molar-refractivity contribution is 0.964. The summed E-state index contributed by atoms with van der Waals surface area (Å²) in [5, 5.41) is 2.54. The van der Waals surface area contributed by atoms with Gasteiger partial charge in [0.05, 0.1) is 0 Å². The highest BCUT2D eigenvalue weighted by atomic mass is 14.7. The Morgan fingerprint density at radius 2 is 2.31 bits per heavy atom. The maximum Gasteiger partial charge on any atom is 0.0412 e. The SMILES string of the molecule is C/C=c1/c(CCN)c[nH]/c1=C/CC. The molecule has 0 saturated heterocycles. The van der Waals surface area contributed by atoms with Crippen LogP contribution >= 0.6 is 0 Å². The highest BCUT2D eigenvalue weighted by Gasteiger charge is 1.96. The second kappa shape index (κ2) is 4.87. The van der Waals surface area contributed by atoms with Crippen LogP contribution < -0.4 is 16.3 Å². The third-order valence-corrected chi connectivity index (χ3v) is 2.15. The van der Waals surface area contributed by atoms with E-state index in [0.717, 1.165) is 12.8 Å². The molecule has 0 aromatic carbocycles. The minimum Gasteiger partial charge on any atom is -0.361 e. The van der Waals surface area contributed by atoms with E-state index in [1.165, 1.54) is 16.1 Å². The van der Waals surface area contributed by atoms with E-state index in [9.17, 15) is 0 Å². The zero-order chi connectivity index (χ0) is 9.68. The molecule has 13 heavy (non-hydrogen) atoms. The highest BCUT2D eigenvalue weighted by molar-refractivity contribution is 5.32. The fraction of sp³-hybridized carbons (Fsp3) is 0.455. The minimum atomic E-state index is 0.713. The van der Waals surface area contributed by atoms with Crippen molar-refractivity contribution in [1.82, 2.24) is 4.98 Å². The molecule has 0 fully saturated rings. The minimum absolute atomic E-state index is 0.713. The zero-order valence-electron chi connectivity index (χ0n) is 8.43. The molecular formula is C11H18N2. The van der Waals surface area contributed by atoms with Crippen molar-refractivity contribution in [3.63, 3.8) is 0 Å². The Hall–Kier alpha value is -1.02. The van der Waals surface area contributed by atoms with Gasteiger partial charge in [0.2, 0.25) is 0 Å². The molecule has 0 aliphatic carbocycles. The van der Waals surface area contributed by atoms with Crippen molar-refractivity contribution in [2.45, 2.75) is 26.7 Å². The van der Waals surface area contributed by atoms with Crippen molar-refractivity contribution >= 4 is 12.2 Å². The van der Waals surface area contributed by atoms with E-state index in [1.54, 1.807) is 0 Å². The van der Waals surface area contributed by atoms with E-state index < -0.39 is 0 Å². The summed E-state index contributed by atoms with van der Waals surface area (Å²) in [6.45, 7) is 4.92. The zero-order valence-corrected chi connectivity index (χ0v) is 8.43. The van der Waals surface area contributed by atoms with Gasteiger partial charge in [0.25, 0.3) is 0 Å². The molecule has 2 heteroatoms. The normalized spacial score (nSPS) is 14.1. The molecule has 1 heterocycles. The van der Waals surface area contributed by atoms with Gasteiger partial charge in [-0.1, -0.05) is 19.1 Å². The molecule has 0 atom stereocenters. The average Bonchev–Trinajstić information content (AvgIpc) is 2.49. The largest absolute Gasteiger partial charge is 0.361 e. The number of nitrogens with one attached hydrogen (secondary N) is 1. The van der Waals surface area contributed by atoms with Crippen molar-refractivity contribution in [2.24, 2.45) is 5.73 Å². The van der Waals surface area contributed by atoms with Crippen molar-refractivity contribution < 1.29 is 0 Å². The number of H-pyrrole nitrogens is 1. The van der Waals surface area contributed by atoms with Gasteiger partial charge in [-0.3, -0.25) is 0 Å². The van der Waals surface area contributed by atoms with E-state index in [4.69, 9.17) is 5.73 Å². The van der Waals surface area contributed by atoms with E-state index in [2.05, 4.69) is 37.2 Å². The van der Waals surface area contributed by atoms with E-state index in [1.807, 2.05) is 0 Å². The second-order valence-electron chi connectivity index (χ2n) is 3.08. The fourth-order valence-corrected chi connectivity index (χ4v) is 1.57. The van der Waals surface area contributed by atoms with Crippen molar-refractivity contribution in [1.29, 1.82) is 0 Å². The average molecular weight is 178 g/mol. The van der Waals surface area contributed by atoms with Crippen LogP contribution in [0.4, 0.5) is 0 Å². The maximum absolute atomic E-state index is 5.53. The van der Waals surface area contributed by atoms with Crippen molar-refractivity contribution in [2.75, 3.05) is 6.54 Å². The number of aromatic nitrogens is 1. The highest BCUT2D eigenvalue weighted by Crippen LogP contribution is 1.86. The molecule has 2 nitrogen and oxygen atoms in total. The number of rotatable bonds is 3. The smallest absolute Gasteiger partial charge is 0.0412 e. The van der Waals surface area contributed by atoms with Crippen LogP contribution in [-0.4, -0.2) is 11.5 Å². The Bertz CT molecular complexity index is 360. The molecule has 0 unspecified atom stereocenters. The molecule has 0 bridgehead atoms. The monoisotopic (exact) mass is 178 g/mol. The summed E-state index contributed by atoms with van der Waals surface area (Å²) < 4.78 is 0. The molecular weight excluding hydrogens is 160 g/mol. The first-order valence-electron chi connectivity index (χ1n) is 4.86. The van der Waals surface area contributed by atoms with Gasteiger partial charge in [0.15, 0.2) is 0 Å². The van der Waals surface area contributed by atoms with Gasteiger partial charge in [-0.2, -0.15) is 0 Å². The second-order valence-corrected chi connectivity index (χ2v) is 3.08. The van der Waals surface area contributed by atoms with Gasteiger partial charge >= 0.3 is 0 Å². The lowest BCUT2D eigenvalue weighted by atomic mass is 10.2. The van der Waals surface area contributed by atoms with Crippen LogP contribution in [0.3, 0.4) is 0 Å². The van der Waals surface area contributed by atoms with Gasteiger partial charge < -0.3 is 10.7 Å². The predicted molar refractivity (Wildman–Crippen MR) is 57.7 cm³/mol. The van der Waals surface area contributed by atoms with Crippen LogP contribution in [0.2, 0.25) is 0 Å². The van der Waals surface area contributed by atoms with E-state index in [0.29, 0.717) is 6.54 Å². The summed E-state index contributed by atoms with van der Waals surface area (Å²) in [7, 11) is 0. The van der Waals surface area contributed by atoms with Gasteiger partial charge in [-0.05, 0) is 37.1 Å². The van der Waals surface area contributed by atoms with E-state index >= 15 is 0 Å². The van der Waals surface area contributed by atoms with Crippen LogP contribution in [0.1, 0.15) is 25.8 Å². The van der Waals surface area contributed by atoms with E-state index in [-0.39, 0.29) is 0 Å². The van der Waals surface area contributed by atoms with Crippen molar-refractivity contribution in [3.8, 4) is 0 Å². The molecule has 0 radical (unpaired) electrons.